The van der Waals surface area contributed by atoms with Crippen LogP contribution in [0.2, 0.25) is 0 Å². The third-order valence-electron chi connectivity index (χ3n) is 5.04. The molecule has 0 unspecified atom stereocenters. The molecule has 1 amide bonds. The molecule has 0 saturated carbocycles. The fourth-order valence-corrected chi connectivity index (χ4v) is 3.34. The molecule has 3 aromatic rings. The Hall–Kier alpha value is -3.22. The summed E-state index contributed by atoms with van der Waals surface area (Å²) in [5.41, 5.74) is 5.53. The quantitative estimate of drug-likeness (QED) is 0.601. The number of carbonyl (C=O) groups is 1. The highest BCUT2D eigenvalue weighted by Crippen LogP contribution is 2.18. The van der Waals surface area contributed by atoms with E-state index in [1.54, 1.807) is 16.6 Å². The molecule has 0 atom stereocenters. The molecule has 0 N–H and O–H groups in total. The third-order valence-corrected chi connectivity index (χ3v) is 5.04. The highest BCUT2D eigenvalue weighted by atomic mass is 16.5. The van der Waals surface area contributed by atoms with Gasteiger partial charge in [-0.1, -0.05) is 12.1 Å². The number of rotatable bonds is 7. The summed E-state index contributed by atoms with van der Waals surface area (Å²) >= 11 is 0. The summed E-state index contributed by atoms with van der Waals surface area (Å²) in [5.74, 6) is 1.37. The molecule has 7 nitrogen and oxygen atoms in total. The minimum Gasteiger partial charge on any atom is -0.492 e. The Bertz CT molecular complexity index is 1040. The number of ether oxygens (including phenoxy) is 1. The molecule has 0 bridgehead atoms. The molecule has 0 aliphatic heterocycles. The maximum atomic E-state index is 12.8. The minimum absolute atomic E-state index is 0.0231. The Morgan fingerprint density at radius 1 is 1.07 bits per heavy atom. The minimum atomic E-state index is 0.0231. The summed E-state index contributed by atoms with van der Waals surface area (Å²) in [4.78, 5) is 23.4. The zero-order valence-corrected chi connectivity index (χ0v) is 18.6. The second kappa shape index (κ2) is 9.07. The van der Waals surface area contributed by atoms with Crippen molar-refractivity contribution in [1.82, 2.24) is 24.6 Å². The molecule has 2 heterocycles. The zero-order chi connectivity index (χ0) is 21.8. The lowest BCUT2D eigenvalue weighted by atomic mass is 10.1. The van der Waals surface area contributed by atoms with E-state index in [2.05, 4.69) is 15.1 Å². The number of amides is 1. The van der Waals surface area contributed by atoms with Gasteiger partial charge in [-0.25, -0.2) is 14.6 Å². The first-order valence-corrected chi connectivity index (χ1v) is 10.1. The van der Waals surface area contributed by atoms with Crippen LogP contribution in [0.15, 0.2) is 30.3 Å². The largest absolute Gasteiger partial charge is 0.492 e. The Kier molecular flexibility index (Phi) is 6.50. The van der Waals surface area contributed by atoms with E-state index in [9.17, 15) is 4.79 Å². The van der Waals surface area contributed by atoms with Gasteiger partial charge in [0.25, 0.3) is 5.95 Å². The van der Waals surface area contributed by atoms with Gasteiger partial charge in [0.05, 0.1) is 18.7 Å². The van der Waals surface area contributed by atoms with Crippen LogP contribution in [0.5, 0.6) is 5.75 Å². The van der Waals surface area contributed by atoms with Gasteiger partial charge in [0.2, 0.25) is 5.91 Å². The maximum absolute atomic E-state index is 12.8. The van der Waals surface area contributed by atoms with Gasteiger partial charge in [-0.2, -0.15) is 5.10 Å². The molecule has 0 aliphatic rings. The third kappa shape index (κ3) is 5.03. The fourth-order valence-electron chi connectivity index (χ4n) is 3.34. The first-order chi connectivity index (χ1) is 14.2. The SMILES string of the molecule is Cc1cccc(OCCN(C)C(=O)Cc2c(C)nn(-c3nc(C)cc(C)n3)c2C)c1. The first kappa shape index (κ1) is 21.5. The van der Waals surface area contributed by atoms with Gasteiger partial charge in [0, 0.05) is 29.7 Å². The second-order valence-corrected chi connectivity index (χ2v) is 7.67. The highest BCUT2D eigenvalue weighted by Gasteiger charge is 2.19. The predicted octanol–water partition coefficient (Wildman–Crippen LogP) is 3.28. The van der Waals surface area contributed by atoms with Crippen molar-refractivity contribution < 1.29 is 9.53 Å². The van der Waals surface area contributed by atoms with Crippen molar-refractivity contribution in [2.24, 2.45) is 0 Å². The van der Waals surface area contributed by atoms with Crippen LogP contribution >= 0.6 is 0 Å². The lowest BCUT2D eigenvalue weighted by Gasteiger charge is -2.18. The zero-order valence-electron chi connectivity index (χ0n) is 18.6. The van der Waals surface area contributed by atoms with E-state index in [-0.39, 0.29) is 12.3 Å². The molecule has 1 aromatic carbocycles. The summed E-state index contributed by atoms with van der Waals surface area (Å²) in [6.07, 6.45) is 0.281. The van der Waals surface area contributed by atoms with Gasteiger partial charge in [0.15, 0.2) is 0 Å². The van der Waals surface area contributed by atoms with E-state index in [1.165, 1.54) is 0 Å². The van der Waals surface area contributed by atoms with Crippen LogP contribution in [0, 0.1) is 34.6 Å². The molecule has 7 heteroatoms. The number of nitrogens with zero attached hydrogens (tertiary/aromatic N) is 5. The van der Waals surface area contributed by atoms with Crippen molar-refractivity contribution in [1.29, 1.82) is 0 Å². The van der Waals surface area contributed by atoms with E-state index in [0.717, 1.165) is 39.7 Å². The highest BCUT2D eigenvalue weighted by molar-refractivity contribution is 5.79. The van der Waals surface area contributed by atoms with Crippen molar-refractivity contribution in [3.05, 3.63) is 64.2 Å². The topological polar surface area (TPSA) is 73.1 Å². The lowest BCUT2D eigenvalue weighted by Crippen LogP contribution is -2.32. The van der Waals surface area contributed by atoms with Crippen molar-refractivity contribution in [2.45, 2.75) is 41.0 Å². The van der Waals surface area contributed by atoms with Crippen LogP contribution in [0.1, 0.15) is 33.9 Å². The summed E-state index contributed by atoms with van der Waals surface area (Å²) < 4.78 is 7.48. The second-order valence-electron chi connectivity index (χ2n) is 7.67. The van der Waals surface area contributed by atoms with E-state index in [0.29, 0.717) is 19.1 Å². The van der Waals surface area contributed by atoms with Gasteiger partial charge in [-0.15, -0.1) is 0 Å². The van der Waals surface area contributed by atoms with Crippen LogP contribution < -0.4 is 4.74 Å². The van der Waals surface area contributed by atoms with Crippen molar-refractivity contribution in [3.63, 3.8) is 0 Å². The number of likely N-dealkylation sites (N-methyl/N-ethyl adjacent to an activating group) is 1. The number of carbonyl (C=O) groups excluding carboxylic acids is 1. The average molecular weight is 408 g/mol. The van der Waals surface area contributed by atoms with Gasteiger partial charge in [0.1, 0.15) is 12.4 Å². The molecule has 0 spiro atoms. The monoisotopic (exact) mass is 407 g/mol. The Morgan fingerprint density at radius 3 is 2.43 bits per heavy atom. The van der Waals surface area contributed by atoms with Crippen LogP contribution in [0.3, 0.4) is 0 Å². The molecule has 30 heavy (non-hydrogen) atoms. The Balaban J connectivity index is 1.65. The summed E-state index contributed by atoms with van der Waals surface area (Å²) in [6, 6.07) is 9.81. The lowest BCUT2D eigenvalue weighted by molar-refractivity contribution is -0.129. The van der Waals surface area contributed by atoms with Crippen LogP contribution in [0.4, 0.5) is 0 Å². The molecule has 158 valence electrons. The number of hydrogen-bond donors (Lipinski definition) is 0. The van der Waals surface area contributed by atoms with Crippen LogP contribution in [-0.2, 0) is 11.2 Å². The van der Waals surface area contributed by atoms with Gasteiger partial charge in [-0.3, -0.25) is 4.79 Å². The molecule has 0 fully saturated rings. The molecular weight excluding hydrogens is 378 g/mol. The van der Waals surface area contributed by atoms with Crippen molar-refractivity contribution in [3.8, 4) is 11.7 Å². The van der Waals surface area contributed by atoms with Gasteiger partial charge >= 0.3 is 0 Å². The smallest absolute Gasteiger partial charge is 0.251 e. The fraction of sp³-hybridized carbons (Fsp3) is 0.391. The molecule has 0 saturated heterocycles. The number of hydrogen-bond acceptors (Lipinski definition) is 5. The van der Waals surface area contributed by atoms with Gasteiger partial charge < -0.3 is 9.64 Å². The van der Waals surface area contributed by atoms with Crippen LogP contribution in [-0.4, -0.2) is 50.8 Å². The number of aryl methyl sites for hydroxylation is 4. The first-order valence-electron chi connectivity index (χ1n) is 10.1. The molecular formula is C23H29N5O2. The predicted molar refractivity (Wildman–Crippen MR) is 116 cm³/mol. The van der Waals surface area contributed by atoms with Crippen LogP contribution in [0.25, 0.3) is 5.95 Å². The number of benzene rings is 1. The normalized spacial score (nSPS) is 10.9. The molecule has 2 aromatic heterocycles. The molecule has 0 aliphatic carbocycles. The Morgan fingerprint density at radius 2 is 1.77 bits per heavy atom. The average Bonchev–Trinajstić information content (AvgIpc) is 2.95. The maximum Gasteiger partial charge on any atom is 0.251 e. The molecule has 0 radical (unpaired) electrons. The van der Waals surface area contributed by atoms with Crippen molar-refractivity contribution >= 4 is 5.91 Å². The summed E-state index contributed by atoms with van der Waals surface area (Å²) in [7, 11) is 1.80. The summed E-state index contributed by atoms with van der Waals surface area (Å²) in [5, 5.41) is 4.58. The molecule has 3 rings (SSSR count). The van der Waals surface area contributed by atoms with E-state index >= 15 is 0 Å². The number of aromatic nitrogens is 4. The Labute approximate surface area is 177 Å². The van der Waals surface area contributed by atoms with E-state index < -0.39 is 0 Å². The summed E-state index contributed by atoms with van der Waals surface area (Å²) in [6.45, 7) is 10.7. The van der Waals surface area contributed by atoms with Crippen molar-refractivity contribution in [2.75, 3.05) is 20.2 Å². The standard InChI is InChI=1S/C23H29N5O2/c1-15-8-7-9-20(12-15)30-11-10-27(6)22(29)14-21-18(4)26-28(19(21)5)23-24-16(2)13-17(3)25-23/h7-9,12-13H,10-11,14H2,1-6H3. The van der Waals surface area contributed by atoms with E-state index in [4.69, 9.17) is 4.74 Å². The van der Waals surface area contributed by atoms with Gasteiger partial charge in [-0.05, 0) is 58.4 Å². The van der Waals surface area contributed by atoms with E-state index in [1.807, 2.05) is 65.0 Å².